The van der Waals surface area contributed by atoms with Gasteiger partial charge in [-0.05, 0) is 80.2 Å². The Balaban J connectivity index is 1.37. The molecular weight excluding hydrogens is 444 g/mol. The van der Waals surface area contributed by atoms with E-state index in [-0.39, 0.29) is 17.9 Å². The summed E-state index contributed by atoms with van der Waals surface area (Å²) in [6.07, 6.45) is 0. The van der Waals surface area contributed by atoms with Crippen molar-refractivity contribution in [1.29, 1.82) is 0 Å². The molecule has 5 aromatic rings. The molecule has 0 radical (unpaired) electrons. The van der Waals surface area contributed by atoms with Gasteiger partial charge in [-0.2, -0.15) is 0 Å². The summed E-state index contributed by atoms with van der Waals surface area (Å²) in [5.74, 6) is -0.169. The molecule has 0 atom stereocenters. The molecule has 34 heavy (non-hydrogen) atoms. The number of nitrogens with zero attached hydrogens (tertiary/aromatic N) is 3. The van der Waals surface area contributed by atoms with Crippen LogP contribution in [0.4, 0.5) is 5.69 Å². The maximum Gasteiger partial charge on any atom is 0.244 e. The molecule has 0 unspecified atom stereocenters. The van der Waals surface area contributed by atoms with E-state index in [1.165, 1.54) is 11.8 Å². The number of anilines is 1. The monoisotopic (exact) mass is 466 g/mol. The van der Waals surface area contributed by atoms with E-state index in [2.05, 4.69) is 15.3 Å². The molecular formula is C27H22N4O2S. The number of benzene rings is 3. The van der Waals surface area contributed by atoms with Gasteiger partial charge in [-0.1, -0.05) is 24.3 Å². The van der Waals surface area contributed by atoms with E-state index in [9.17, 15) is 9.59 Å². The van der Waals surface area contributed by atoms with E-state index in [1.807, 2.05) is 85.1 Å². The highest BCUT2D eigenvalue weighted by atomic mass is 32.2. The lowest BCUT2D eigenvalue weighted by molar-refractivity contribution is -0.116. The maximum absolute atomic E-state index is 13.0. The molecule has 7 heteroatoms. The maximum atomic E-state index is 13.0. The normalized spacial score (nSPS) is 11.1. The number of aryl methyl sites for hydroxylation is 2. The Morgan fingerprint density at radius 2 is 1.41 bits per heavy atom. The molecule has 2 heterocycles. The highest BCUT2D eigenvalue weighted by Gasteiger charge is 2.13. The van der Waals surface area contributed by atoms with Crippen LogP contribution in [-0.2, 0) is 11.3 Å². The van der Waals surface area contributed by atoms with Gasteiger partial charge in [-0.3, -0.25) is 9.59 Å². The third-order valence-electron chi connectivity index (χ3n) is 5.49. The third-order valence-corrected chi connectivity index (χ3v) is 6.36. The van der Waals surface area contributed by atoms with Gasteiger partial charge in [-0.25, -0.2) is 9.97 Å². The molecule has 6 nitrogen and oxygen atoms in total. The van der Waals surface area contributed by atoms with Crippen LogP contribution in [0.2, 0.25) is 0 Å². The van der Waals surface area contributed by atoms with Crippen LogP contribution in [-0.4, -0.2) is 20.4 Å². The number of para-hydroxylation sites is 2. The molecule has 0 fully saturated rings. The Morgan fingerprint density at radius 3 is 2.00 bits per heavy atom. The SMILES string of the molecule is Cc1cc(C)nc(Sc2ccc(NC(=O)Cn3c4ccccc4c(=O)c4ccccc43)cc2)n1. The van der Waals surface area contributed by atoms with Crippen LogP contribution in [0.1, 0.15) is 11.4 Å². The van der Waals surface area contributed by atoms with Gasteiger partial charge in [0, 0.05) is 32.7 Å². The van der Waals surface area contributed by atoms with Crippen molar-refractivity contribution in [1.82, 2.24) is 14.5 Å². The van der Waals surface area contributed by atoms with E-state index in [4.69, 9.17) is 0 Å². The largest absolute Gasteiger partial charge is 0.331 e. The third kappa shape index (κ3) is 4.43. The fourth-order valence-corrected chi connectivity index (χ4v) is 4.90. The number of rotatable bonds is 5. The van der Waals surface area contributed by atoms with Crippen LogP contribution in [0.3, 0.4) is 0 Å². The average Bonchev–Trinajstić information content (AvgIpc) is 2.82. The number of aromatic nitrogens is 3. The highest BCUT2D eigenvalue weighted by Crippen LogP contribution is 2.26. The number of carbonyl (C=O) groups excluding carboxylic acids is 1. The fourth-order valence-electron chi connectivity index (χ4n) is 4.04. The Labute approximate surface area is 200 Å². The zero-order valence-corrected chi connectivity index (χ0v) is 19.6. The molecule has 1 amide bonds. The number of hydrogen-bond acceptors (Lipinski definition) is 5. The summed E-state index contributed by atoms with van der Waals surface area (Å²) >= 11 is 1.48. The van der Waals surface area contributed by atoms with Gasteiger partial charge in [0.1, 0.15) is 6.54 Å². The molecule has 168 valence electrons. The molecule has 3 aromatic carbocycles. The average molecular weight is 467 g/mol. The van der Waals surface area contributed by atoms with E-state index in [0.717, 1.165) is 27.3 Å². The Kier molecular flexibility index (Phi) is 5.86. The number of nitrogens with one attached hydrogen (secondary N) is 1. The van der Waals surface area contributed by atoms with Crippen molar-refractivity contribution in [2.24, 2.45) is 0 Å². The predicted molar refractivity (Wildman–Crippen MR) is 136 cm³/mol. The summed E-state index contributed by atoms with van der Waals surface area (Å²) in [6.45, 7) is 3.99. The van der Waals surface area contributed by atoms with Gasteiger partial charge >= 0.3 is 0 Å². The Hall–Kier alpha value is -3.97. The first-order valence-electron chi connectivity index (χ1n) is 10.9. The lowest BCUT2D eigenvalue weighted by Gasteiger charge is -2.15. The molecule has 5 rings (SSSR count). The second-order valence-electron chi connectivity index (χ2n) is 8.06. The van der Waals surface area contributed by atoms with Gasteiger partial charge in [0.25, 0.3) is 0 Å². The smallest absolute Gasteiger partial charge is 0.244 e. The minimum absolute atomic E-state index is 0.0243. The van der Waals surface area contributed by atoms with E-state index < -0.39 is 0 Å². The number of fused-ring (bicyclic) bond motifs is 2. The van der Waals surface area contributed by atoms with Crippen molar-refractivity contribution in [3.63, 3.8) is 0 Å². The number of pyridine rings is 1. The molecule has 0 saturated carbocycles. The standard InChI is InChI=1S/C27H22N4O2S/c1-17-15-18(2)29-27(28-17)34-20-13-11-19(12-14-20)30-25(32)16-31-23-9-5-3-7-21(23)26(33)22-8-4-6-10-24(22)31/h3-15H,16H2,1-2H3,(H,30,32). The van der Waals surface area contributed by atoms with Crippen LogP contribution in [0, 0.1) is 13.8 Å². The summed E-state index contributed by atoms with van der Waals surface area (Å²) in [6, 6.07) is 24.3. The molecule has 0 aliphatic heterocycles. The first-order chi connectivity index (χ1) is 16.5. The molecule has 0 spiro atoms. The lowest BCUT2D eigenvalue weighted by atomic mass is 10.1. The van der Waals surface area contributed by atoms with Crippen molar-refractivity contribution in [3.05, 3.63) is 100 Å². The van der Waals surface area contributed by atoms with Crippen molar-refractivity contribution in [3.8, 4) is 0 Å². The zero-order valence-electron chi connectivity index (χ0n) is 18.8. The summed E-state index contributed by atoms with van der Waals surface area (Å²) < 4.78 is 1.89. The molecule has 0 aliphatic rings. The van der Waals surface area contributed by atoms with E-state index >= 15 is 0 Å². The number of hydrogen-bond donors (Lipinski definition) is 1. The quantitative estimate of drug-likeness (QED) is 0.279. The first kappa shape index (κ1) is 21.9. The topological polar surface area (TPSA) is 76.9 Å². The molecule has 2 aromatic heterocycles. The van der Waals surface area contributed by atoms with Crippen LogP contribution in [0.25, 0.3) is 21.8 Å². The molecule has 0 bridgehead atoms. The van der Waals surface area contributed by atoms with Crippen LogP contribution < -0.4 is 10.7 Å². The van der Waals surface area contributed by atoms with Crippen LogP contribution in [0.15, 0.2) is 93.7 Å². The fraction of sp³-hybridized carbons (Fsp3) is 0.111. The van der Waals surface area contributed by atoms with E-state index in [1.54, 1.807) is 12.1 Å². The summed E-state index contributed by atoms with van der Waals surface area (Å²) in [5.41, 5.74) is 4.01. The number of carbonyl (C=O) groups is 1. The summed E-state index contributed by atoms with van der Waals surface area (Å²) in [5, 5.41) is 4.87. The van der Waals surface area contributed by atoms with Gasteiger partial charge in [-0.15, -0.1) is 0 Å². The molecule has 0 aliphatic carbocycles. The second kappa shape index (κ2) is 9.11. The zero-order chi connectivity index (χ0) is 23.7. The van der Waals surface area contributed by atoms with Crippen LogP contribution >= 0.6 is 11.8 Å². The van der Waals surface area contributed by atoms with Gasteiger partial charge in [0.2, 0.25) is 5.91 Å². The highest BCUT2D eigenvalue weighted by molar-refractivity contribution is 7.99. The van der Waals surface area contributed by atoms with Gasteiger partial charge in [0.05, 0.1) is 11.0 Å². The molecule has 0 saturated heterocycles. The Bertz CT molecular complexity index is 1510. The first-order valence-corrected chi connectivity index (χ1v) is 11.7. The predicted octanol–water partition coefficient (Wildman–Crippen LogP) is 5.35. The van der Waals surface area contributed by atoms with Crippen molar-refractivity contribution in [2.45, 2.75) is 30.4 Å². The van der Waals surface area contributed by atoms with Crippen molar-refractivity contribution in [2.75, 3.05) is 5.32 Å². The van der Waals surface area contributed by atoms with Gasteiger partial charge in [0.15, 0.2) is 10.6 Å². The van der Waals surface area contributed by atoms with E-state index in [0.29, 0.717) is 21.6 Å². The second-order valence-corrected chi connectivity index (χ2v) is 9.10. The minimum atomic E-state index is -0.169. The van der Waals surface area contributed by atoms with Crippen LogP contribution in [0.5, 0.6) is 0 Å². The van der Waals surface area contributed by atoms with Crippen molar-refractivity contribution >= 4 is 45.2 Å². The Morgan fingerprint density at radius 1 is 0.853 bits per heavy atom. The summed E-state index contributed by atoms with van der Waals surface area (Å²) in [7, 11) is 0. The lowest BCUT2D eigenvalue weighted by Crippen LogP contribution is -2.21. The van der Waals surface area contributed by atoms with Gasteiger partial charge < -0.3 is 9.88 Å². The van der Waals surface area contributed by atoms with Crippen molar-refractivity contribution < 1.29 is 4.79 Å². The molecule has 1 N–H and O–H groups in total. The summed E-state index contributed by atoms with van der Waals surface area (Å²) in [4.78, 5) is 35.8. The number of amides is 1. The minimum Gasteiger partial charge on any atom is -0.331 e.